The van der Waals surface area contributed by atoms with Crippen LogP contribution in [0.15, 0.2) is 40.5 Å². The first-order valence-corrected chi connectivity index (χ1v) is 11.8. The number of likely N-dealkylation sites (N-methyl/N-ethyl adjacent to an activating group) is 1. The van der Waals surface area contributed by atoms with Gasteiger partial charge in [0.1, 0.15) is 5.76 Å². The third-order valence-electron chi connectivity index (χ3n) is 6.95. The predicted molar refractivity (Wildman–Crippen MR) is 124 cm³/mol. The van der Waals surface area contributed by atoms with Crippen molar-refractivity contribution in [1.29, 1.82) is 0 Å². The summed E-state index contributed by atoms with van der Waals surface area (Å²) >= 11 is 0. The summed E-state index contributed by atoms with van der Waals surface area (Å²) in [5.41, 5.74) is 7.56. The van der Waals surface area contributed by atoms with Crippen molar-refractivity contribution >= 4 is 11.8 Å². The molecule has 3 aliphatic rings. The zero-order valence-electron chi connectivity index (χ0n) is 18.4. The molecule has 2 aromatic rings. The third kappa shape index (κ3) is 4.50. The van der Waals surface area contributed by atoms with Crippen LogP contribution in [0.1, 0.15) is 48.1 Å². The summed E-state index contributed by atoms with van der Waals surface area (Å²) in [6.45, 7) is 7.75. The molecule has 1 aromatic carbocycles. The lowest BCUT2D eigenvalue weighted by Gasteiger charge is -2.36. The molecule has 5 rings (SSSR count). The maximum absolute atomic E-state index is 5.55. The van der Waals surface area contributed by atoms with Gasteiger partial charge in [0.2, 0.25) is 0 Å². The zero-order valence-corrected chi connectivity index (χ0v) is 18.4. The predicted octanol–water partition coefficient (Wildman–Crippen LogP) is 4.59. The second-order valence-electron chi connectivity index (χ2n) is 9.41. The van der Waals surface area contributed by atoms with Crippen LogP contribution in [0.5, 0.6) is 0 Å². The number of aryl methyl sites for hydroxylation is 2. The first-order chi connectivity index (χ1) is 14.7. The molecule has 0 spiro atoms. The fourth-order valence-electron chi connectivity index (χ4n) is 5.43. The largest absolute Gasteiger partial charge is 0.468 e. The molecule has 1 aromatic heterocycles. The van der Waals surface area contributed by atoms with E-state index in [0.29, 0.717) is 0 Å². The molecule has 0 radical (unpaired) electrons. The Bertz CT molecular complexity index is 880. The Morgan fingerprint density at radius 2 is 1.80 bits per heavy atom. The van der Waals surface area contributed by atoms with Gasteiger partial charge in [-0.25, -0.2) is 0 Å². The molecule has 4 nitrogen and oxygen atoms in total. The molecule has 30 heavy (non-hydrogen) atoms. The second-order valence-corrected chi connectivity index (χ2v) is 9.41. The molecule has 2 aliphatic heterocycles. The average Bonchev–Trinajstić information content (AvgIpc) is 3.42. The minimum Gasteiger partial charge on any atom is -0.468 e. The van der Waals surface area contributed by atoms with Crippen LogP contribution in [-0.2, 0) is 19.4 Å². The number of likely N-dealkylation sites (tertiary alicyclic amines) is 1. The lowest BCUT2D eigenvalue weighted by Crippen LogP contribution is -2.40. The summed E-state index contributed by atoms with van der Waals surface area (Å²) < 4.78 is 5.55. The van der Waals surface area contributed by atoms with E-state index in [0.717, 1.165) is 31.9 Å². The Morgan fingerprint density at radius 3 is 2.60 bits per heavy atom. The molecule has 4 heteroatoms. The van der Waals surface area contributed by atoms with Gasteiger partial charge >= 0.3 is 0 Å². The molecule has 0 bridgehead atoms. The summed E-state index contributed by atoms with van der Waals surface area (Å²) in [4.78, 5) is 7.68. The van der Waals surface area contributed by atoms with Crippen molar-refractivity contribution in [2.45, 2.75) is 45.1 Å². The van der Waals surface area contributed by atoms with Crippen LogP contribution in [0.25, 0.3) is 6.08 Å². The highest BCUT2D eigenvalue weighted by Crippen LogP contribution is 2.35. The highest BCUT2D eigenvalue weighted by molar-refractivity contribution is 5.75. The van der Waals surface area contributed by atoms with E-state index in [1.165, 1.54) is 75.0 Å². The van der Waals surface area contributed by atoms with E-state index in [-0.39, 0.29) is 0 Å². The number of rotatable bonds is 7. The third-order valence-corrected chi connectivity index (χ3v) is 6.95. The Hall–Kier alpha value is -2.04. The topological polar surface area (TPSA) is 22.9 Å². The van der Waals surface area contributed by atoms with E-state index in [1.807, 2.05) is 6.07 Å². The lowest BCUT2D eigenvalue weighted by atomic mass is 9.97. The maximum atomic E-state index is 5.55. The van der Waals surface area contributed by atoms with E-state index in [9.17, 15) is 0 Å². The highest BCUT2D eigenvalue weighted by Gasteiger charge is 2.23. The van der Waals surface area contributed by atoms with Crippen molar-refractivity contribution in [2.75, 3.05) is 51.2 Å². The van der Waals surface area contributed by atoms with E-state index in [4.69, 9.17) is 4.42 Å². The second kappa shape index (κ2) is 8.99. The normalized spacial score (nSPS) is 19.1. The fourth-order valence-corrected chi connectivity index (χ4v) is 5.43. The van der Waals surface area contributed by atoms with Crippen molar-refractivity contribution < 1.29 is 4.42 Å². The van der Waals surface area contributed by atoms with Gasteiger partial charge in [-0.15, -0.1) is 0 Å². The standard InChI is InChI=1S/C26H35N3O/c1-27(20-25-9-6-14-30-25)18-21-15-24-16-22-7-5-8-23(22)17-26(24)29(19-21)13-12-28-10-3-2-4-11-28/h6,9,14-17H,2-5,7-8,10-13,18-20H2,1H3. The Kier molecular flexibility index (Phi) is 5.96. The summed E-state index contributed by atoms with van der Waals surface area (Å²) in [6.07, 6.45) is 12.2. The molecular weight excluding hydrogens is 370 g/mol. The molecule has 1 fully saturated rings. The van der Waals surface area contributed by atoms with Crippen LogP contribution in [0.2, 0.25) is 0 Å². The highest BCUT2D eigenvalue weighted by atomic mass is 16.3. The molecule has 0 unspecified atom stereocenters. The summed E-state index contributed by atoms with van der Waals surface area (Å²) in [7, 11) is 2.19. The maximum Gasteiger partial charge on any atom is 0.117 e. The van der Waals surface area contributed by atoms with Gasteiger partial charge in [-0.3, -0.25) is 4.90 Å². The summed E-state index contributed by atoms with van der Waals surface area (Å²) in [6, 6.07) is 9.03. The smallest absolute Gasteiger partial charge is 0.117 e. The molecule has 160 valence electrons. The SMILES string of the molecule is CN(CC1=Cc2cc3c(cc2N(CCN2CCCCC2)C1)CCC3)Cc1ccco1. The molecule has 0 saturated carbocycles. The van der Waals surface area contributed by atoms with E-state index in [1.54, 1.807) is 17.4 Å². The average molecular weight is 406 g/mol. The van der Waals surface area contributed by atoms with Gasteiger partial charge in [0.25, 0.3) is 0 Å². The van der Waals surface area contributed by atoms with E-state index in [2.05, 4.69) is 46.0 Å². The Balaban J connectivity index is 1.33. The van der Waals surface area contributed by atoms with Crippen LogP contribution in [0, 0.1) is 0 Å². The Morgan fingerprint density at radius 1 is 0.967 bits per heavy atom. The van der Waals surface area contributed by atoms with Gasteiger partial charge in [0.05, 0.1) is 12.8 Å². The fraction of sp³-hybridized carbons (Fsp3) is 0.538. The monoisotopic (exact) mass is 405 g/mol. The molecule has 0 atom stereocenters. The van der Waals surface area contributed by atoms with Crippen LogP contribution in [-0.4, -0.2) is 56.1 Å². The summed E-state index contributed by atoms with van der Waals surface area (Å²) in [5.74, 6) is 1.04. The van der Waals surface area contributed by atoms with Gasteiger partial charge in [-0.1, -0.05) is 12.5 Å². The Labute approximate surface area is 181 Å². The van der Waals surface area contributed by atoms with Crippen molar-refractivity contribution in [3.05, 3.63) is 58.6 Å². The molecule has 1 aliphatic carbocycles. The van der Waals surface area contributed by atoms with Crippen LogP contribution in [0.4, 0.5) is 5.69 Å². The molecular formula is C26H35N3O. The quantitative estimate of drug-likeness (QED) is 0.672. The van der Waals surface area contributed by atoms with Gasteiger partial charge < -0.3 is 14.2 Å². The van der Waals surface area contributed by atoms with Crippen molar-refractivity contribution in [1.82, 2.24) is 9.80 Å². The van der Waals surface area contributed by atoms with E-state index < -0.39 is 0 Å². The van der Waals surface area contributed by atoms with Crippen LogP contribution < -0.4 is 4.90 Å². The molecule has 0 N–H and O–H groups in total. The number of hydrogen-bond acceptors (Lipinski definition) is 4. The first-order valence-electron chi connectivity index (χ1n) is 11.8. The summed E-state index contributed by atoms with van der Waals surface area (Å²) in [5, 5.41) is 0. The van der Waals surface area contributed by atoms with E-state index >= 15 is 0 Å². The number of benzene rings is 1. The zero-order chi connectivity index (χ0) is 20.3. The van der Waals surface area contributed by atoms with Gasteiger partial charge in [0.15, 0.2) is 0 Å². The van der Waals surface area contributed by atoms with Crippen molar-refractivity contribution in [3.8, 4) is 0 Å². The molecule has 1 saturated heterocycles. The number of furan rings is 1. The molecule has 0 amide bonds. The van der Waals surface area contributed by atoms with Gasteiger partial charge in [-0.05, 0) is 98.8 Å². The van der Waals surface area contributed by atoms with Crippen molar-refractivity contribution in [3.63, 3.8) is 0 Å². The van der Waals surface area contributed by atoms with Gasteiger partial charge in [0, 0.05) is 31.9 Å². The number of fused-ring (bicyclic) bond motifs is 2. The first kappa shape index (κ1) is 19.9. The minimum atomic E-state index is 0.856. The van der Waals surface area contributed by atoms with Crippen LogP contribution in [0.3, 0.4) is 0 Å². The number of anilines is 1. The van der Waals surface area contributed by atoms with Crippen LogP contribution >= 0.6 is 0 Å². The molecule has 3 heterocycles. The number of piperidine rings is 1. The number of hydrogen-bond donors (Lipinski definition) is 0. The number of nitrogens with zero attached hydrogens (tertiary/aromatic N) is 3. The van der Waals surface area contributed by atoms with Gasteiger partial charge in [-0.2, -0.15) is 0 Å². The minimum absolute atomic E-state index is 0.856. The van der Waals surface area contributed by atoms with Crippen molar-refractivity contribution in [2.24, 2.45) is 0 Å². The lowest BCUT2D eigenvalue weighted by molar-refractivity contribution is 0.233.